The molecule has 1 aromatic rings. The second-order valence-corrected chi connectivity index (χ2v) is 4.43. The van der Waals surface area contributed by atoms with Crippen LogP contribution < -0.4 is 11.5 Å². The number of hydrogen-bond donors (Lipinski definition) is 2. The van der Waals surface area contributed by atoms with Gasteiger partial charge in [-0.1, -0.05) is 19.2 Å². The minimum absolute atomic E-state index is 0.525. The molecule has 18 heavy (non-hydrogen) atoms. The van der Waals surface area contributed by atoms with E-state index >= 15 is 0 Å². The molecule has 0 saturated heterocycles. The van der Waals surface area contributed by atoms with E-state index in [-0.39, 0.29) is 0 Å². The quantitative estimate of drug-likeness (QED) is 0.642. The van der Waals surface area contributed by atoms with Gasteiger partial charge in [0, 0.05) is 21.7 Å². The molecule has 0 amide bonds. The summed E-state index contributed by atoms with van der Waals surface area (Å²) >= 11 is 1.49. The maximum absolute atomic E-state index is 8.89. The first-order chi connectivity index (χ1) is 8.54. The van der Waals surface area contributed by atoms with Gasteiger partial charge in [0.25, 0.3) is 0 Å². The SMILES string of the molecule is C=C/C(SC)=C(/N)C(=C)c1cc(C#N)ccc1N. The molecule has 3 nitrogen and oxygen atoms in total. The van der Waals surface area contributed by atoms with E-state index in [0.717, 1.165) is 4.91 Å². The van der Waals surface area contributed by atoms with Crippen LogP contribution in [-0.2, 0) is 0 Å². The Morgan fingerprint density at radius 1 is 1.50 bits per heavy atom. The van der Waals surface area contributed by atoms with Gasteiger partial charge in [-0.3, -0.25) is 0 Å². The molecule has 0 fully saturated rings. The lowest BCUT2D eigenvalue weighted by atomic mass is 10.00. The maximum atomic E-state index is 8.89. The molecule has 0 aliphatic carbocycles. The second-order valence-electron chi connectivity index (χ2n) is 3.58. The number of hydrogen-bond acceptors (Lipinski definition) is 4. The molecule has 0 bridgehead atoms. The van der Waals surface area contributed by atoms with Gasteiger partial charge in [-0.25, -0.2) is 0 Å². The van der Waals surface area contributed by atoms with Crippen LogP contribution in [0.4, 0.5) is 5.69 Å². The summed E-state index contributed by atoms with van der Waals surface area (Å²) in [5.74, 6) is 0. The van der Waals surface area contributed by atoms with Gasteiger partial charge >= 0.3 is 0 Å². The first kappa shape index (κ1) is 13.9. The van der Waals surface area contributed by atoms with Crippen molar-refractivity contribution < 1.29 is 0 Å². The van der Waals surface area contributed by atoms with E-state index in [1.807, 2.05) is 6.26 Å². The van der Waals surface area contributed by atoms with Gasteiger partial charge in [-0.15, -0.1) is 11.8 Å². The van der Waals surface area contributed by atoms with Gasteiger partial charge in [0.15, 0.2) is 0 Å². The fourth-order valence-electron chi connectivity index (χ4n) is 1.48. The highest BCUT2D eigenvalue weighted by Crippen LogP contribution is 2.29. The highest BCUT2D eigenvalue weighted by Gasteiger charge is 2.10. The molecule has 0 heterocycles. The summed E-state index contributed by atoms with van der Waals surface area (Å²) in [7, 11) is 0. The number of nitriles is 1. The van der Waals surface area contributed by atoms with E-state index in [9.17, 15) is 0 Å². The van der Waals surface area contributed by atoms with Gasteiger partial charge in [0.1, 0.15) is 0 Å². The highest BCUT2D eigenvalue weighted by molar-refractivity contribution is 8.02. The van der Waals surface area contributed by atoms with E-state index in [1.54, 1.807) is 24.3 Å². The Hall–Kier alpha value is -2.12. The molecule has 0 aromatic heterocycles. The summed E-state index contributed by atoms with van der Waals surface area (Å²) in [6.07, 6.45) is 3.59. The lowest BCUT2D eigenvalue weighted by molar-refractivity contribution is 1.40. The van der Waals surface area contributed by atoms with Crippen LogP contribution in [-0.4, -0.2) is 6.26 Å². The van der Waals surface area contributed by atoms with Crippen molar-refractivity contribution in [3.63, 3.8) is 0 Å². The summed E-state index contributed by atoms with van der Waals surface area (Å²) < 4.78 is 0. The minimum atomic E-state index is 0.525. The first-order valence-electron chi connectivity index (χ1n) is 5.20. The molecular formula is C14H15N3S. The molecular weight excluding hydrogens is 242 g/mol. The summed E-state index contributed by atoms with van der Waals surface area (Å²) in [5, 5.41) is 8.89. The van der Waals surface area contributed by atoms with Crippen LogP contribution in [0.5, 0.6) is 0 Å². The van der Waals surface area contributed by atoms with Crippen molar-refractivity contribution in [2.45, 2.75) is 0 Å². The van der Waals surface area contributed by atoms with Crippen LogP contribution in [0.1, 0.15) is 11.1 Å². The number of nitrogens with zero attached hydrogens (tertiary/aromatic N) is 1. The largest absolute Gasteiger partial charge is 0.398 e. The number of rotatable bonds is 4. The molecule has 92 valence electrons. The Balaban J connectivity index is 3.31. The van der Waals surface area contributed by atoms with Gasteiger partial charge in [-0.2, -0.15) is 5.26 Å². The van der Waals surface area contributed by atoms with Gasteiger partial charge in [-0.05, 0) is 24.5 Å². The van der Waals surface area contributed by atoms with Crippen molar-refractivity contribution in [2.75, 3.05) is 12.0 Å². The lowest BCUT2D eigenvalue weighted by Gasteiger charge is -2.12. The van der Waals surface area contributed by atoms with Crippen LogP contribution in [0, 0.1) is 11.3 Å². The average molecular weight is 257 g/mol. The molecule has 0 saturated carbocycles. The number of anilines is 1. The van der Waals surface area contributed by atoms with Gasteiger partial charge in [0.05, 0.1) is 17.3 Å². The van der Waals surface area contributed by atoms with Gasteiger partial charge in [0.2, 0.25) is 0 Å². The van der Waals surface area contributed by atoms with Gasteiger partial charge < -0.3 is 11.5 Å². The Morgan fingerprint density at radius 3 is 2.67 bits per heavy atom. The van der Waals surface area contributed by atoms with E-state index < -0.39 is 0 Å². The van der Waals surface area contributed by atoms with Crippen LogP contribution >= 0.6 is 11.8 Å². The predicted octanol–water partition coefficient (Wildman–Crippen LogP) is 2.87. The zero-order valence-electron chi connectivity index (χ0n) is 10.2. The maximum Gasteiger partial charge on any atom is 0.0991 e. The topological polar surface area (TPSA) is 75.8 Å². The predicted molar refractivity (Wildman–Crippen MR) is 79.5 cm³/mol. The molecule has 0 atom stereocenters. The highest BCUT2D eigenvalue weighted by atomic mass is 32.2. The molecule has 4 heteroatoms. The van der Waals surface area contributed by atoms with E-state index in [0.29, 0.717) is 28.1 Å². The van der Waals surface area contributed by atoms with Crippen LogP contribution in [0.3, 0.4) is 0 Å². The number of nitrogen functional groups attached to an aromatic ring is 1. The van der Waals surface area contributed by atoms with Crippen molar-refractivity contribution in [1.82, 2.24) is 0 Å². The Kier molecular flexibility index (Phi) is 4.64. The zero-order chi connectivity index (χ0) is 13.7. The Morgan fingerprint density at radius 2 is 2.17 bits per heavy atom. The molecule has 0 aliphatic heterocycles. The van der Waals surface area contributed by atoms with Crippen molar-refractivity contribution >= 4 is 23.0 Å². The van der Waals surface area contributed by atoms with Crippen molar-refractivity contribution in [3.8, 4) is 6.07 Å². The summed E-state index contributed by atoms with van der Waals surface area (Å²) in [6, 6.07) is 7.09. The summed E-state index contributed by atoms with van der Waals surface area (Å²) in [5.41, 5.74) is 14.8. The normalized spacial score (nSPS) is 11.3. The third-order valence-corrected chi connectivity index (χ3v) is 3.33. The first-order valence-corrected chi connectivity index (χ1v) is 6.43. The third-order valence-electron chi connectivity index (χ3n) is 2.50. The second kappa shape index (κ2) is 5.99. The van der Waals surface area contributed by atoms with E-state index in [4.69, 9.17) is 16.7 Å². The van der Waals surface area contributed by atoms with Crippen LogP contribution in [0.2, 0.25) is 0 Å². The van der Waals surface area contributed by atoms with Crippen molar-refractivity contribution in [2.24, 2.45) is 5.73 Å². The number of thioether (sulfide) groups is 1. The Labute approximate surface area is 111 Å². The Bertz CT molecular complexity index is 565. The molecule has 0 aliphatic rings. The monoisotopic (exact) mass is 257 g/mol. The van der Waals surface area contributed by atoms with Crippen molar-refractivity contribution in [1.29, 1.82) is 5.26 Å². The van der Waals surface area contributed by atoms with Crippen LogP contribution in [0.25, 0.3) is 5.57 Å². The number of allylic oxidation sites excluding steroid dienone is 2. The van der Waals surface area contributed by atoms with E-state index in [1.165, 1.54) is 11.8 Å². The number of nitrogens with two attached hydrogens (primary N) is 2. The van der Waals surface area contributed by atoms with Crippen molar-refractivity contribution in [3.05, 3.63) is 59.2 Å². The summed E-state index contributed by atoms with van der Waals surface area (Å²) in [6.45, 7) is 7.65. The van der Waals surface area contributed by atoms with Crippen LogP contribution in [0.15, 0.2) is 48.0 Å². The fraction of sp³-hybridized carbons (Fsp3) is 0.0714. The number of benzene rings is 1. The summed E-state index contributed by atoms with van der Waals surface area (Å²) in [4.78, 5) is 0.835. The lowest BCUT2D eigenvalue weighted by Crippen LogP contribution is -2.04. The third kappa shape index (κ3) is 2.76. The molecule has 0 unspecified atom stereocenters. The smallest absolute Gasteiger partial charge is 0.0991 e. The minimum Gasteiger partial charge on any atom is -0.398 e. The average Bonchev–Trinajstić information content (AvgIpc) is 2.39. The zero-order valence-corrected chi connectivity index (χ0v) is 11.1. The fourth-order valence-corrected chi connectivity index (χ4v) is 1.99. The standard InChI is InChI=1S/C14H15N3S/c1-4-13(18-3)14(17)9(2)11-7-10(8-15)5-6-12(11)16/h4-7H,1-2,16-17H2,3H3/b14-13-. The molecule has 4 N–H and O–H groups in total. The van der Waals surface area contributed by atoms with E-state index in [2.05, 4.69) is 19.2 Å². The molecule has 0 spiro atoms. The molecule has 0 radical (unpaired) electrons. The molecule has 1 aromatic carbocycles. The molecule has 1 rings (SSSR count).